The van der Waals surface area contributed by atoms with E-state index in [0.29, 0.717) is 48.6 Å². The molecule has 168 valence electrons. The second-order valence-electron chi connectivity index (χ2n) is 7.22. The van der Waals surface area contributed by atoms with Crippen molar-refractivity contribution >= 4 is 23.7 Å². The molecule has 0 unspecified atom stereocenters. The molecule has 2 amide bonds. The lowest BCUT2D eigenvalue weighted by Gasteiger charge is -2.31. The number of nitrogens with one attached hydrogen (secondary N) is 1. The molecule has 2 aromatic rings. The third-order valence-electron chi connectivity index (χ3n) is 5.26. The number of hydrogen-bond donors (Lipinski definition) is 1. The summed E-state index contributed by atoms with van der Waals surface area (Å²) in [5.41, 5.74) is 3.11. The lowest BCUT2D eigenvalue weighted by atomic mass is 9.95. The Labute approximate surface area is 185 Å². The largest absolute Gasteiger partial charge is 0.497 e. The molecule has 1 aliphatic heterocycles. The van der Waals surface area contributed by atoms with Crippen LogP contribution in [-0.4, -0.2) is 55.2 Å². The van der Waals surface area contributed by atoms with Gasteiger partial charge in [-0.3, -0.25) is 19.7 Å². The summed E-state index contributed by atoms with van der Waals surface area (Å²) >= 11 is 0. The normalized spacial score (nSPS) is 14.2. The Morgan fingerprint density at radius 1 is 1.12 bits per heavy atom. The fourth-order valence-corrected chi connectivity index (χ4v) is 3.48. The highest BCUT2D eigenvalue weighted by atomic mass is 16.6. The highest BCUT2D eigenvalue weighted by Gasteiger charge is 2.28. The first-order chi connectivity index (χ1) is 15.4. The van der Waals surface area contributed by atoms with Gasteiger partial charge in [-0.15, -0.1) is 0 Å². The second-order valence-corrected chi connectivity index (χ2v) is 7.22. The summed E-state index contributed by atoms with van der Waals surface area (Å²) in [4.78, 5) is 37.5. The molecule has 0 aliphatic carbocycles. The molecule has 1 N–H and O–H groups in total. The van der Waals surface area contributed by atoms with Crippen molar-refractivity contribution in [2.24, 2.45) is 11.0 Å². The number of piperidine rings is 1. The summed E-state index contributed by atoms with van der Waals surface area (Å²) < 4.78 is 10.4. The van der Waals surface area contributed by atoms with E-state index in [4.69, 9.17) is 9.47 Å². The first kappa shape index (κ1) is 22.7. The smallest absolute Gasteiger partial charge is 0.278 e. The van der Waals surface area contributed by atoms with E-state index in [2.05, 4.69) is 10.5 Å². The number of nitro benzene ring substituents is 1. The Hall–Kier alpha value is -3.95. The van der Waals surface area contributed by atoms with Gasteiger partial charge in [0.25, 0.3) is 11.6 Å². The van der Waals surface area contributed by atoms with Crippen molar-refractivity contribution in [2.45, 2.75) is 12.8 Å². The molecule has 32 heavy (non-hydrogen) atoms. The van der Waals surface area contributed by atoms with Crippen molar-refractivity contribution in [2.75, 3.05) is 27.3 Å². The monoisotopic (exact) mass is 440 g/mol. The molecule has 0 saturated carbocycles. The number of rotatable bonds is 7. The lowest BCUT2D eigenvalue weighted by Crippen LogP contribution is -2.42. The highest BCUT2D eigenvalue weighted by Crippen LogP contribution is 2.25. The van der Waals surface area contributed by atoms with E-state index in [1.165, 1.54) is 26.5 Å². The van der Waals surface area contributed by atoms with Crippen LogP contribution in [0.1, 0.15) is 28.8 Å². The van der Waals surface area contributed by atoms with Crippen LogP contribution in [0, 0.1) is 16.0 Å². The van der Waals surface area contributed by atoms with Gasteiger partial charge in [0.05, 0.1) is 30.9 Å². The number of ether oxygens (including phenoxy) is 2. The van der Waals surface area contributed by atoms with Crippen LogP contribution < -0.4 is 14.9 Å². The Kier molecular flexibility index (Phi) is 7.37. The van der Waals surface area contributed by atoms with Crippen LogP contribution in [0.5, 0.6) is 11.5 Å². The number of carbonyl (C=O) groups excluding carboxylic acids is 2. The van der Waals surface area contributed by atoms with E-state index >= 15 is 0 Å². The maximum Gasteiger partial charge on any atom is 0.278 e. The van der Waals surface area contributed by atoms with Gasteiger partial charge in [-0.25, -0.2) is 5.43 Å². The van der Waals surface area contributed by atoms with Gasteiger partial charge in [-0.2, -0.15) is 5.10 Å². The van der Waals surface area contributed by atoms with Crippen LogP contribution in [-0.2, 0) is 4.79 Å². The van der Waals surface area contributed by atoms with Crippen molar-refractivity contribution in [3.63, 3.8) is 0 Å². The Bertz CT molecular complexity index is 1010. The van der Waals surface area contributed by atoms with Gasteiger partial charge >= 0.3 is 0 Å². The Morgan fingerprint density at radius 3 is 2.34 bits per heavy atom. The van der Waals surface area contributed by atoms with Crippen molar-refractivity contribution in [1.82, 2.24) is 10.3 Å². The van der Waals surface area contributed by atoms with Crippen molar-refractivity contribution in [1.29, 1.82) is 0 Å². The zero-order chi connectivity index (χ0) is 23.1. The van der Waals surface area contributed by atoms with E-state index in [9.17, 15) is 19.7 Å². The van der Waals surface area contributed by atoms with Crippen LogP contribution in [0.15, 0.2) is 47.6 Å². The number of para-hydroxylation sites is 1. The second kappa shape index (κ2) is 10.4. The quantitative estimate of drug-likeness (QED) is 0.401. The summed E-state index contributed by atoms with van der Waals surface area (Å²) in [6.45, 7) is 0.842. The topological polar surface area (TPSA) is 123 Å². The van der Waals surface area contributed by atoms with Gasteiger partial charge < -0.3 is 14.4 Å². The van der Waals surface area contributed by atoms with E-state index in [-0.39, 0.29) is 23.4 Å². The number of hydrogen-bond acceptors (Lipinski definition) is 7. The predicted molar refractivity (Wildman–Crippen MR) is 117 cm³/mol. The molecule has 1 aliphatic rings. The van der Waals surface area contributed by atoms with Crippen LogP contribution in [0.3, 0.4) is 0 Å². The lowest BCUT2D eigenvalue weighted by molar-refractivity contribution is -0.385. The summed E-state index contributed by atoms with van der Waals surface area (Å²) in [7, 11) is 3.04. The van der Waals surface area contributed by atoms with Crippen LogP contribution in [0.4, 0.5) is 5.69 Å². The molecule has 1 saturated heterocycles. The number of nitrogens with zero attached hydrogens (tertiary/aromatic N) is 3. The Morgan fingerprint density at radius 2 is 1.75 bits per heavy atom. The fourth-order valence-electron chi connectivity index (χ4n) is 3.48. The van der Waals surface area contributed by atoms with Crippen LogP contribution in [0.25, 0.3) is 0 Å². The first-order valence-corrected chi connectivity index (χ1v) is 10.0. The third kappa shape index (κ3) is 5.39. The minimum absolute atomic E-state index is 0.0912. The molecular formula is C22H24N4O6. The van der Waals surface area contributed by atoms with E-state index in [0.717, 1.165) is 0 Å². The van der Waals surface area contributed by atoms with Gasteiger partial charge in [0.1, 0.15) is 11.5 Å². The van der Waals surface area contributed by atoms with E-state index in [1.54, 1.807) is 41.3 Å². The SMILES string of the molecule is COc1cc(OC)cc(C(=O)N2CCC(C(=O)N/N=C\c3ccccc3[N+](=O)[O-])CC2)c1. The summed E-state index contributed by atoms with van der Waals surface area (Å²) in [5, 5.41) is 14.9. The van der Waals surface area contributed by atoms with Crippen LogP contribution in [0.2, 0.25) is 0 Å². The first-order valence-electron chi connectivity index (χ1n) is 10.0. The highest BCUT2D eigenvalue weighted by molar-refractivity contribution is 5.95. The molecule has 3 rings (SSSR count). The molecule has 0 aromatic heterocycles. The number of likely N-dealkylation sites (tertiary alicyclic amines) is 1. The average molecular weight is 440 g/mol. The maximum atomic E-state index is 12.9. The van der Waals surface area contributed by atoms with Crippen LogP contribution >= 0.6 is 0 Å². The molecule has 0 atom stereocenters. The van der Waals surface area contributed by atoms with Crippen molar-refractivity contribution in [3.05, 3.63) is 63.7 Å². The average Bonchev–Trinajstić information content (AvgIpc) is 2.83. The Balaban J connectivity index is 1.56. The van der Waals surface area contributed by atoms with Gasteiger partial charge in [-0.05, 0) is 31.0 Å². The molecule has 10 nitrogen and oxygen atoms in total. The molecule has 1 heterocycles. The summed E-state index contributed by atoms with van der Waals surface area (Å²) in [6.07, 6.45) is 2.23. The summed E-state index contributed by atoms with van der Waals surface area (Å²) in [6, 6.07) is 11.1. The molecule has 0 radical (unpaired) electrons. The standard InChI is InChI=1S/C22H24N4O6/c1-31-18-11-17(12-19(13-18)32-2)22(28)25-9-7-15(8-10-25)21(27)24-23-14-16-5-3-4-6-20(16)26(29)30/h3-6,11-15H,7-10H2,1-2H3,(H,24,27)/b23-14-. The molecular weight excluding hydrogens is 416 g/mol. The predicted octanol–water partition coefficient (Wildman–Crippen LogP) is 2.61. The number of benzene rings is 2. The third-order valence-corrected chi connectivity index (χ3v) is 5.26. The van der Waals surface area contributed by atoms with Gasteiger partial charge in [0.2, 0.25) is 5.91 Å². The van der Waals surface area contributed by atoms with Crippen molar-refractivity contribution in [3.8, 4) is 11.5 Å². The number of carbonyl (C=O) groups is 2. The van der Waals surface area contributed by atoms with Gasteiger partial charge in [-0.1, -0.05) is 12.1 Å². The number of amides is 2. The zero-order valence-corrected chi connectivity index (χ0v) is 17.8. The summed E-state index contributed by atoms with van der Waals surface area (Å²) in [5.74, 6) is 0.309. The van der Waals surface area contributed by atoms with E-state index in [1.807, 2.05) is 0 Å². The maximum absolute atomic E-state index is 12.9. The van der Waals surface area contributed by atoms with E-state index < -0.39 is 4.92 Å². The van der Waals surface area contributed by atoms with Crippen molar-refractivity contribution < 1.29 is 24.0 Å². The number of nitro groups is 1. The number of hydrazone groups is 1. The number of methoxy groups -OCH3 is 2. The van der Waals surface area contributed by atoms with Gasteiger partial charge in [0.15, 0.2) is 0 Å². The minimum atomic E-state index is -0.506. The minimum Gasteiger partial charge on any atom is -0.497 e. The van der Waals surface area contributed by atoms with Gasteiger partial charge in [0, 0.05) is 36.7 Å². The molecule has 0 bridgehead atoms. The molecule has 10 heteroatoms. The molecule has 2 aromatic carbocycles. The zero-order valence-electron chi connectivity index (χ0n) is 17.8. The molecule has 1 fully saturated rings. The molecule has 0 spiro atoms. The fraction of sp³-hybridized carbons (Fsp3) is 0.318.